The number of carbonyl (C=O) groups is 2. The van der Waals surface area contributed by atoms with Crippen LogP contribution in [0.15, 0.2) is 35.7 Å². The van der Waals surface area contributed by atoms with E-state index in [-0.39, 0.29) is 24.5 Å². The molecule has 1 atom stereocenters. The molecular formula is C19H22N2O3S. The Morgan fingerprint density at radius 2 is 2.20 bits per heavy atom. The molecule has 5 nitrogen and oxygen atoms in total. The lowest BCUT2D eigenvalue weighted by Gasteiger charge is -2.24. The van der Waals surface area contributed by atoms with Crippen LogP contribution in [0.3, 0.4) is 0 Å². The van der Waals surface area contributed by atoms with Crippen LogP contribution in [0.2, 0.25) is 0 Å². The van der Waals surface area contributed by atoms with Crippen LogP contribution in [0.5, 0.6) is 0 Å². The van der Waals surface area contributed by atoms with Gasteiger partial charge in [-0.2, -0.15) is 0 Å². The number of amides is 1. The highest BCUT2D eigenvalue weighted by molar-refractivity contribution is 7.10. The van der Waals surface area contributed by atoms with E-state index in [1.54, 1.807) is 23.5 Å². The van der Waals surface area contributed by atoms with Crippen molar-refractivity contribution in [3.63, 3.8) is 0 Å². The van der Waals surface area contributed by atoms with Crippen LogP contribution in [0.4, 0.5) is 5.69 Å². The van der Waals surface area contributed by atoms with Crippen LogP contribution < -0.4 is 5.32 Å². The lowest BCUT2D eigenvalue weighted by Crippen LogP contribution is -2.35. The predicted molar refractivity (Wildman–Crippen MR) is 99.0 cm³/mol. The van der Waals surface area contributed by atoms with E-state index in [0.29, 0.717) is 5.56 Å². The monoisotopic (exact) mass is 358 g/mol. The first-order chi connectivity index (χ1) is 12.1. The number of ether oxygens (including phenoxy) is 1. The van der Waals surface area contributed by atoms with Gasteiger partial charge in [-0.25, -0.2) is 4.79 Å². The number of likely N-dealkylation sites (tertiary alicyclic amines) is 1. The summed E-state index contributed by atoms with van der Waals surface area (Å²) in [6.45, 7) is 2.95. The molecule has 2 aromatic rings. The van der Waals surface area contributed by atoms with E-state index in [2.05, 4.69) is 16.8 Å². The standard InChI is InChI=1S/C19H22N2O3S/c1-13-7-8-14(19(23)24-2)11-15(13)20-12-18(22)21-9-3-5-16(21)17-6-4-10-25-17/h4,6-8,10-11,16,20H,3,5,9,12H2,1-2H3. The van der Waals surface area contributed by atoms with Gasteiger partial charge in [0.2, 0.25) is 5.91 Å². The van der Waals surface area contributed by atoms with Crippen LogP contribution in [0.1, 0.15) is 39.7 Å². The Morgan fingerprint density at radius 1 is 1.36 bits per heavy atom. The maximum Gasteiger partial charge on any atom is 0.337 e. The van der Waals surface area contributed by atoms with Crippen molar-refractivity contribution in [2.45, 2.75) is 25.8 Å². The molecule has 0 spiro atoms. The fourth-order valence-corrected chi connectivity index (χ4v) is 4.05. The zero-order valence-electron chi connectivity index (χ0n) is 14.5. The molecular weight excluding hydrogens is 336 g/mol. The highest BCUT2D eigenvalue weighted by Crippen LogP contribution is 2.34. The third-order valence-electron chi connectivity index (χ3n) is 4.53. The number of esters is 1. The van der Waals surface area contributed by atoms with Gasteiger partial charge in [-0.15, -0.1) is 11.3 Å². The van der Waals surface area contributed by atoms with Gasteiger partial charge in [0, 0.05) is 17.1 Å². The van der Waals surface area contributed by atoms with E-state index < -0.39 is 0 Å². The first-order valence-electron chi connectivity index (χ1n) is 8.36. The molecule has 1 N–H and O–H groups in total. The number of nitrogens with one attached hydrogen (secondary N) is 1. The summed E-state index contributed by atoms with van der Waals surface area (Å²) in [6, 6.07) is 9.62. The average Bonchev–Trinajstić information content (AvgIpc) is 3.30. The second-order valence-corrected chi connectivity index (χ2v) is 7.11. The Bertz CT molecular complexity index is 758. The van der Waals surface area contributed by atoms with Crippen LogP contribution in [-0.2, 0) is 9.53 Å². The van der Waals surface area contributed by atoms with Crippen LogP contribution in [0.25, 0.3) is 0 Å². The summed E-state index contributed by atoms with van der Waals surface area (Å²) >= 11 is 1.70. The van der Waals surface area contributed by atoms with Crippen molar-refractivity contribution in [1.82, 2.24) is 4.90 Å². The average molecular weight is 358 g/mol. The van der Waals surface area contributed by atoms with E-state index in [1.807, 2.05) is 24.0 Å². The van der Waals surface area contributed by atoms with Crippen molar-refractivity contribution >= 4 is 28.9 Å². The minimum absolute atomic E-state index is 0.0822. The molecule has 0 bridgehead atoms. The van der Waals surface area contributed by atoms with Gasteiger partial charge >= 0.3 is 5.97 Å². The Morgan fingerprint density at radius 3 is 2.92 bits per heavy atom. The second-order valence-electron chi connectivity index (χ2n) is 6.14. The molecule has 1 amide bonds. The third kappa shape index (κ3) is 3.85. The van der Waals surface area contributed by atoms with Gasteiger partial charge in [-0.05, 0) is 48.9 Å². The van der Waals surface area contributed by atoms with Gasteiger partial charge in [0.25, 0.3) is 0 Å². The zero-order valence-corrected chi connectivity index (χ0v) is 15.3. The number of methoxy groups -OCH3 is 1. The summed E-state index contributed by atoms with van der Waals surface area (Å²) in [6.07, 6.45) is 2.05. The van der Waals surface area contributed by atoms with Crippen LogP contribution in [-0.4, -0.2) is 37.0 Å². The SMILES string of the molecule is COC(=O)c1ccc(C)c(NCC(=O)N2CCCC2c2cccs2)c1. The predicted octanol–water partition coefficient (Wildman–Crippen LogP) is 3.62. The molecule has 1 fully saturated rings. The highest BCUT2D eigenvalue weighted by Gasteiger charge is 2.30. The van der Waals surface area contributed by atoms with E-state index in [0.717, 1.165) is 30.6 Å². The van der Waals surface area contributed by atoms with E-state index in [1.165, 1.54) is 12.0 Å². The van der Waals surface area contributed by atoms with Gasteiger partial charge in [0.1, 0.15) is 0 Å². The maximum atomic E-state index is 12.7. The fraction of sp³-hybridized carbons (Fsp3) is 0.368. The van der Waals surface area contributed by atoms with E-state index in [4.69, 9.17) is 4.74 Å². The van der Waals surface area contributed by atoms with Gasteiger partial charge in [0.15, 0.2) is 0 Å². The Kier molecular flexibility index (Phi) is 5.38. The fourth-order valence-electron chi connectivity index (χ4n) is 3.17. The number of rotatable bonds is 5. The topological polar surface area (TPSA) is 58.6 Å². The van der Waals surface area contributed by atoms with Crippen molar-refractivity contribution < 1.29 is 14.3 Å². The van der Waals surface area contributed by atoms with E-state index >= 15 is 0 Å². The second kappa shape index (κ2) is 7.70. The molecule has 1 unspecified atom stereocenters. The third-order valence-corrected chi connectivity index (χ3v) is 5.51. The minimum atomic E-state index is -0.383. The van der Waals surface area contributed by atoms with Crippen LogP contribution in [0, 0.1) is 6.92 Å². The number of thiophene rings is 1. The summed E-state index contributed by atoms with van der Waals surface area (Å²) < 4.78 is 4.75. The minimum Gasteiger partial charge on any atom is -0.465 e. The molecule has 0 aliphatic carbocycles. The van der Waals surface area contributed by atoms with Crippen molar-refractivity contribution in [2.24, 2.45) is 0 Å². The molecule has 1 aromatic carbocycles. The Labute approximate surface area is 151 Å². The first kappa shape index (κ1) is 17.5. The number of aryl methyl sites for hydroxylation is 1. The summed E-state index contributed by atoms with van der Waals surface area (Å²) in [4.78, 5) is 27.6. The molecule has 0 radical (unpaired) electrons. The summed E-state index contributed by atoms with van der Waals surface area (Å²) in [7, 11) is 1.36. The lowest BCUT2D eigenvalue weighted by molar-refractivity contribution is -0.130. The van der Waals surface area contributed by atoms with Gasteiger partial charge in [-0.1, -0.05) is 12.1 Å². The quantitative estimate of drug-likeness (QED) is 0.830. The summed E-state index contributed by atoms with van der Waals surface area (Å²) in [5.74, 6) is -0.301. The lowest BCUT2D eigenvalue weighted by atomic mass is 10.1. The molecule has 1 aliphatic rings. The van der Waals surface area contributed by atoms with Crippen molar-refractivity contribution in [3.8, 4) is 0 Å². The summed E-state index contributed by atoms with van der Waals surface area (Å²) in [5, 5.41) is 5.23. The van der Waals surface area contributed by atoms with Crippen molar-refractivity contribution in [1.29, 1.82) is 0 Å². The number of nitrogens with zero attached hydrogens (tertiary/aromatic N) is 1. The number of carbonyl (C=O) groups excluding carboxylic acids is 2. The Balaban J connectivity index is 1.67. The number of hydrogen-bond acceptors (Lipinski definition) is 5. The zero-order chi connectivity index (χ0) is 17.8. The largest absolute Gasteiger partial charge is 0.465 e. The van der Waals surface area contributed by atoms with Crippen molar-refractivity contribution in [2.75, 3.05) is 25.5 Å². The molecule has 1 saturated heterocycles. The maximum absolute atomic E-state index is 12.7. The normalized spacial score (nSPS) is 16.7. The first-order valence-corrected chi connectivity index (χ1v) is 9.24. The molecule has 1 aromatic heterocycles. The smallest absolute Gasteiger partial charge is 0.337 e. The molecule has 6 heteroatoms. The number of benzene rings is 1. The molecule has 3 rings (SSSR count). The van der Waals surface area contributed by atoms with Gasteiger partial charge in [-0.3, -0.25) is 4.79 Å². The highest BCUT2D eigenvalue weighted by atomic mass is 32.1. The molecule has 1 aliphatic heterocycles. The van der Waals surface area contributed by atoms with Gasteiger partial charge < -0.3 is 15.0 Å². The van der Waals surface area contributed by atoms with E-state index in [9.17, 15) is 9.59 Å². The van der Waals surface area contributed by atoms with Gasteiger partial charge in [0.05, 0.1) is 25.3 Å². The number of anilines is 1. The van der Waals surface area contributed by atoms with Crippen molar-refractivity contribution in [3.05, 3.63) is 51.7 Å². The van der Waals surface area contributed by atoms with Crippen LogP contribution >= 0.6 is 11.3 Å². The Hall–Kier alpha value is -2.34. The molecule has 132 valence electrons. The number of hydrogen-bond donors (Lipinski definition) is 1. The molecule has 25 heavy (non-hydrogen) atoms. The molecule has 0 saturated carbocycles. The molecule has 2 heterocycles. The summed E-state index contributed by atoms with van der Waals surface area (Å²) in [5.41, 5.74) is 2.24.